The number of β-lactam (4-membered cyclic amide) rings is 1. The summed E-state index contributed by atoms with van der Waals surface area (Å²) in [6.45, 7) is -1.50. The number of hydrogen-bond donors (Lipinski definition) is 2. The number of rotatable bonds is 3. The molecule has 3 saturated heterocycles. The van der Waals surface area contributed by atoms with Gasteiger partial charge in [-0.1, -0.05) is 0 Å². The van der Waals surface area contributed by atoms with Crippen LogP contribution < -0.4 is 0 Å². The van der Waals surface area contributed by atoms with Gasteiger partial charge in [-0.25, -0.2) is 9.59 Å². The molecule has 4 rings (SSSR count). The Kier molecular flexibility index (Phi) is 4.14. The van der Waals surface area contributed by atoms with E-state index in [1.807, 2.05) is 0 Å². The Hall–Kier alpha value is -3.05. The normalized spacial score (nSPS) is 30.2. The average Bonchev–Trinajstić information content (AvgIpc) is 3.11. The van der Waals surface area contributed by atoms with Crippen molar-refractivity contribution in [3.8, 4) is 0 Å². The van der Waals surface area contributed by atoms with E-state index in [0.29, 0.717) is 4.90 Å². The van der Waals surface area contributed by atoms with Gasteiger partial charge in [0.2, 0.25) is 5.91 Å². The molecule has 0 aliphatic carbocycles. The number of nitrogens with zero attached hydrogens (tertiary/aromatic N) is 3. The third kappa shape index (κ3) is 2.85. The molecule has 0 saturated carbocycles. The van der Waals surface area contributed by atoms with Crippen molar-refractivity contribution in [2.24, 2.45) is 5.92 Å². The maximum Gasteiger partial charge on any atom is 0.408 e. The van der Waals surface area contributed by atoms with Gasteiger partial charge in [0.1, 0.15) is 18.3 Å². The molecule has 4 heterocycles. The summed E-state index contributed by atoms with van der Waals surface area (Å²) in [5, 5.41) is 18.9. The second-order valence-electron chi connectivity index (χ2n) is 7.39. The van der Waals surface area contributed by atoms with Crippen LogP contribution in [0.2, 0.25) is 0 Å². The van der Waals surface area contributed by atoms with Gasteiger partial charge in [0.25, 0.3) is 5.91 Å². The van der Waals surface area contributed by atoms with E-state index in [1.165, 1.54) is 6.08 Å². The number of halogens is 3. The molecule has 9 nitrogen and oxygen atoms in total. The molecule has 2 N–H and O–H groups in total. The van der Waals surface area contributed by atoms with Crippen molar-refractivity contribution in [3.05, 3.63) is 22.9 Å². The van der Waals surface area contributed by atoms with Crippen molar-refractivity contribution in [3.63, 3.8) is 0 Å². The Bertz CT molecular complexity index is 895. The van der Waals surface area contributed by atoms with E-state index < -0.39 is 54.6 Å². The fourth-order valence-electron chi connectivity index (χ4n) is 4.69. The summed E-state index contributed by atoms with van der Waals surface area (Å²) < 4.78 is 37.8. The van der Waals surface area contributed by atoms with Crippen LogP contribution >= 0.6 is 0 Å². The van der Waals surface area contributed by atoms with Gasteiger partial charge in [0, 0.05) is 24.6 Å². The molecule has 4 aliphatic heterocycles. The minimum Gasteiger partial charge on any atom is -0.477 e. The van der Waals surface area contributed by atoms with Gasteiger partial charge in [-0.3, -0.25) is 19.4 Å². The van der Waals surface area contributed by atoms with Crippen molar-refractivity contribution < 1.29 is 42.6 Å². The summed E-state index contributed by atoms with van der Waals surface area (Å²) in [5.41, 5.74) is -0.0844. The summed E-state index contributed by atoms with van der Waals surface area (Å²) in [6.07, 6.45) is -4.27. The molecule has 3 amide bonds. The van der Waals surface area contributed by atoms with E-state index in [2.05, 4.69) is 0 Å². The lowest BCUT2D eigenvalue weighted by Gasteiger charge is -2.52. The van der Waals surface area contributed by atoms with Crippen molar-refractivity contribution in [2.75, 3.05) is 19.6 Å². The van der Waals surface area contributed by atoms with Crippen molar-refractivity contribution in [1.29, 1.82) is 0 Å². The summed E-state index contributed by atoms with van der Waals surface area (Å²) in [6, 6.07) is -1.66. The minimum atomic E-state index is -4.54. The number of alkyl halides is 3. The maximum atomic E-state index is 12.6. The van der Waals surface area contributed by atoms with E-state index in [9.17, 15) is 42.6 Å². The number of hydrogen-bond acceptors (Lipinski definition) is 4. The Balaban J connectivity index is 1.67. The molecule has 3 fully saturated rings. The topological polar surface area (TPSA) is 118 Å². The zero-order valence-electron chi connectivity index (χ0n) is 14.8. The number of carboxylic acid groups (broad SMARTS) is 2. The van der Waals surface area contributed by atoms with Gasteiger partial charge in [-0.05, 0) is 24.5 Å². The predicted octanol–water partition coefficient (Wildman–Crippen LogP) is 0.639. The highest BCUT2D eigenvalue weighted by Crippen LogP contribution is 2.49. The van der Waals surface area contributed by atoms with Gasteiger partial charge in [0.05, 0.1) is 6.04 Å². The first kappa shape index (κ1) is 19.3. The smallest absolute Gasteiger partial charge is 0.408 e. The molecular formula is C17H16F3N3O6. The average molecular weight is 415 g/mol. The fraction of sp³-hybridized carbons (Fsp3) is 0.529. The molecule has 29 heavy (non-hydrogen) atoms. The lowest BCUT2D eigenvalue weighted by molar-refractivity contribution is -0.161. The number of aliphatic carboxylic acids is 1. The molecule has 0 aromatic carbocycles. The number of carboxylic acids is 1. The number of likely N-dealkylation sites (tertiary alicyclic amines) is 2. The zero-order chi connectivity index (χ0) is 21.2. The molecule has 0 bridgehead atoms. The monoisotopic (exact) mass is 415 g/mol. The molecule has 0 aromatic heterocycles. The van der Waals surface area contributed by atoms with E-state index in [-0.39, 0.29) is 42.8 Å². The van der Waals surface area contributed by atoms with E-state index in [0.717, 1.165) is 9.80 Å². The second kappa shape index (κ2) is 6.22. The molecule has 0 spiro atoms. The van der Waals surface area contributed by atoms with E-state index in [1.54, 1.807) is 0 Å². The largest absolute Gasteiger partial charge is 0.477 e. The summed E-state index contributed by atoms with van der Waals surface area (Å²) in [7, 11) is 0. The first-order valence-electron chi connectivity index (χ1n) is 8.88. The molecular weight excluding hydrogens is 399 g/mol. The highest BCUT2D eigenvalue weighted by molar-refractivity contribution is 6.04. The Morgan fingerprint density at radius 1 is 1.17 bits per heavy atom. The number of piperidine rings is 1. The highest BCUT2D eigenvalue weighted by Gasteiger charge is 2.64. The van der Waals surface area contributed by atoms with Crippen LogP contribution in [-0.4, -0.2) is 86.7 Å². The maximum absolute atomic E-state index is 12.6. The van der Waals surface area contributed by atoms with Crippen molar-refractivity contribution in [1.82, 2.24) is 14.7 Å². The molecule has 4 aliphatic rings. The third-order valence-corrected chi connectivity index (χ3v) is 5.82. The third-order valence-electron chi connectivity index (χ3n) is 5.82. The van der Waals surface area contributed by atoms with Crippen LogP contribution in [0.5, 0.6) is 0 Å². The van der Waals surface area contributed by atoms with Crippen LogP contribution in [0.1, 0.15) is 12.8 Å². The molecule has 0 aromatic rings. The van der Waals surface area contributed by atoms with E-state index >= 15 is 0 Å². The van der Waals surface area contributed by atoms with E-state index in [4.69, 9.17) is 0 Å². The molecule has 3 atom stereocenters. The first-order chi connectivity index (χ1) is 13.5. The van der Waals surface area contributed by atoms with Gasteiger partial charge in [0.15, 0.2) is 0 Å². The molecule has 0 radical (unpaired) electrons. The van der Waals surface area contributed by atoms with Crippen molar-refractivity contribution in [2.45, 2.75) is 31.1 Å². The van der Waals surface area contributed by atoms with Crippen LogP contribution in [0.15, 0.2) is 22.9 Å². The quantitative estimate of drug-likeness (QED) is 0.516. The summed E-state index contributed by atoms with van der Waals surface area (Å²) >= 11 is 0. The lowest BCUT2D eigenvalue weighted by atomic mass is 9.78. The minimum absolute atomic E-state index is 0.0223. The standard InChI is InChI=1S/C17H16F3N3O6/c18-17(19,20)6-21-3-1-7(13(21)24)5-9-8-2-4-22(16(28)29)12-10(8)23(14(12)25)11(9)15(26)27/h5,8,10,12H,1-4,6H2,(H,26,27)(H,28,29)/b7-5+/t8?,10-,12+/m1/s1. The summed E-state index contributed by atoms with van der Waals surface area (Å²) in [4.78, 5) is 50.6. The van der Waals surface area contributed by atoms with Gasteiger partial charge in [-0.2, -0.15) is 13.2 Å². The van der Waals surface area contributed by atoms with Crippen LogP contribution in [-0.2, 0) is 14.4 Å². The number of carbonyl (C=O) groups excluding carboxylic acids is 2. The van der Waals surface area contributed by atoms with Crippen molar-refractivity contribution >= 4 is 23.9 Å². The van der Waals surface area contributed by atoms with Crippen LogP contribution in [0.3, 0.4) is 0 Å². The number of amides is 3. The van der Waals surface area contributed by atoms with Gasteiger partial charge in [-0.15, -0.1) is 0 Å². The SMILES string of the molecule is O=C(O)C1=C(/C=C2\CCN(CC(F)(F)F)C2=O)C2CCN(C(=O)O)[C@@H]3C(=O)N1[C@H]23. The highest BCUT2D eigenvalue weighted by atomic mass is 19.4. The van der Waals surface area contributed by atoms with Crippen LogP contribution in [0.4, 0.5) is 18.0 Å². The number of carbonyl (C=O) groups is 4. The first-order valence-corrected chi connectivity index (χ1v) is 8.88. The van der Waals surface area contributed by atoms with Gasteiger partial charge >= 0.3 is 18.2 Å². The Morgan fingerprint density at radius 2 is 1.86 bits per heavy atom. The van der Waals surface area contributed by atoms with Gasteiger partial charge < -0.3 is 15.1 Å². The predicted molar refractivity (Wildman–Crippen MR) is 87.3 cm³/mol. The van der Waals surface area contributed by atoms with Crippen LogP contribution in [0, 0.1) is 5.92 Å². The zero-order valence-corrected chi connectivity index (χ0v) is 14.8. The molecule has 12 heteroatoms. The Labute approximate surface area is 161 Å². The summed E-state index contributed by atoms with van der Waals surface area (Å²) in [5.74, 6) is -3.36. The molecule has 156 valence electrons. The fourth-order valence-corrected chi connectivity index (χ4v) is 4.69. The Morgan fingerprint density at radius 3 is 2.45 bits per heavy atom. The lowest BCUT2D eigenvalue weighted by Crippen LogP contribution is -2.73. The van der Waals surface area contributed by atoms with Crippen LogP contribution in [0.25, 0.3) is 0 Å². The second-order valence-corrected chi connectivity index (χ2v) is 7.39. The molecule has 1 unspecified atom stereocenters. The number of allylic oxidation sites excluding steroid dienone is 1.